The van der Waals surface area contributed by atoms with Crippen molar-refractivity contribution in [3.05, 3.63) is 36.0 Å². The van der Waals surface area contributed by atoms with Gasteiger partial charge in [0.25, 0.3) is 0 Å². The highest BCUT2D eigenvalue weighted by atomic mass is 19.1. The van der Waals surface area contributed by atoms with Gasteiger partial charge >= 0.3 is 0 Å². The molecular weight excluding hydrogens is 337 g/mol. The van der Waals surface area contributed by atoms with Gasteiger partial charge in [0.05, 0.1) is 13.2 Å². The minimum Gasteiger partial charge on any atom is -0.420 e. The lowest BCUT2D eigenvalue weighted by atomic mass is 9.97. The van der Waals surface area contributed by atoms with E-state index in [9.17, 15) is 4.39 Å². The summed E-state index contributed by atoms with van der Waals surface area (Å²) >= 11 is 0. The summed E-state index contributed by atoms with van der Waals surface area (Å²) in [6, 6.07) is 6.12. The largest absolute Gasteiger partial charge is 0.420 e. The van der Waals surface area contributed by atoms with E-state index in [0.717, 1.165) is 64.1 Å². The third-order valence-electron chi connectivity index (χ3n) is 5.05. The molecule has 0 spiro atoms. The Hall–Kier alpha value is -1.83. The van der Waals surface area contributed by atoms with Crippen molar-refractivity contribution in [2.45, 2.75) is 37.9 Å². The van der Waals surface area contributed by atoms with Gasteiger partial charge in [0.1, 0.15) is 5.82 Å². The molecule has 2 aromatic rings. The van der Waals surface area contributed by atoms with Crippen LogP contribution in [0.4, 0.5) is 4.39 Å². The van der Waals surface area contributed by atoms with E-state index in [2.05, 4.69) is 15.1 Å². The van der Waals surface area contributed by atoms with E-state index in [4.69, 9.17) is 13.9 Å². The number of aromatic nitrogens is 2. The van der Waals surface area contributed by atoms with Crippen molar-refractivity contribution in [3.8, 4) is 11.5 Å². The predicted molar refractivity (Wildman–Crippen MR) is 93.0 cm³/mol. The first-order valence-electron chi connectivity index (χ1n) is 9.33. The molecule has 2 fully saturated rings. The van der Waals surface area contributed by atoms with E-state index >= 15 is 0 Å². The highest BCUT2D eigenvalue weighted by Crippen LogP contribution is 2.29. The Morgan fingerprint density at radius 3 is 2.50 bits per heavy atom. The van der Waals surface area contributed by atoms with Crippen LogP contribution < -0.4 is 0 Å². The molecule has 7 heteroatoms. The summed E-state index contributed by atoms with van der Waals surface area (Å²) in [5, 5.41) is 8.34. The maximum absolute atomic E-state index is 13.0. The van der Waals surface area contributed by atoms with Gasteiger partial charge in [-0.2, -0.15) is 0 Å². The van der Waals surface area contributed by atoms with Gasteiger partial charge < -0.3 is 18.8 Å². The number of rotatable bonds is 5. The molecule has 1 aromatic heterocycles. The summed E-state index contributed by atoms with van der Waals surface area (Å²) in [4.78, 5) is 2.44. The zero-order valence-electron chi connectivity index (χ0n) is 14.8. The van der Waals surface area contributed by atoms with Gasteiger partial charge in [0, 0.05) is 24.4 Å². The van der Waals surface area contributed by atoms with Gasteiger partial charge in [-0.05, 0) is 56.6 Å². The number of piperidine rings is 1. The lowest BCUT2D eigenvalue weighted by Crippen LogP contribution is -2.36. The highest BCUT2D eigenvalue weighted by molar-refractivity contribution is 5.52. The minimum absolute atomic E-state index is 0.0457. The monoisotopic (exact) mass is 361 g/mol. The van der Waals surface area contributed by atoms with Crippen molar-refractivity contribution in [2.75, 3.05) is 32.8 Å². The van der Waals surface area contributed by atoms with Crippen LogP contribution in [0.1, 0.15) is 37.5 Å². The first-order valence-corrected chi connectivity index (χ1v) is 9.33. The fraction of sp³-hybridized carbons (Fsp3) is 0.579. The summed E-state index contributed by atoms with van der Waals surface area (Å²) < 4.78 is 30.1. The van der Waals surface area contributed by atoms with Crippen LogP contribution in [0, 0.1) is 5.82 Å². The second-order valence-corrected chi connectivity index (χ2v) is 6.88. The van der Waals surface area contributed by atoms with Gasteiger partial charge in [0.15, 0.2) is 6.29 Å². The summed E-state index contributed by atoms with van der Waals surface area (Å²) in [6.07, 6.45) is 3.86. The second-order valence-electron chi connectivity index (χ2n) is 6.88. The molecule has 0 aliphatic carbocycles. The molecule has 2 saturated heterocycles. The van der Waals surface area contributed by atoms with Crippen molar-refractivity contribution in [2.24, 2.45) is 0 Å². The number of benzene rings is 1. The molecule has 6 nitrogen and oxygen atoms in total. The zero-order chi connectivity index (χ0) is 17.8. The highest BCUT2D eigenvalue weighted by Gasteiger charge is 2.26. The lowest BCUT2D eigenvalue weighted by Gasteiger charge is -2.32. The number of halogens is 1. The molecule has 4 rings (SSSR count). The fourth-order valence-electron chi connectivity index (χ4n) is 3.50. The lowest BCUT2D eigenvalue weighted by molar-refractivity contribution is -0.182. The summed E-state index contributed by atoms with van der Waals surface area (Å²) in [6.45, 7) is 4.61. The van der Waals surface area contributed by atoms with Gasteiger partial charge in [-0.25, -0.2) is 4.39 Å². The first-order chi connectivity index (χ1) is 12.8. The summed E-state index contributed by atoms with van der Waals surface area (Å²) in [7, 11) is 0. The Morgan fingerprint density at radius 1 is 1.04 bits per heavy atom. The third kappa shape index (κ3) is 4.28. The van der Waals surface area contributed by atoms with Crippen LogP contribution >= 0.6 is 0 Å². The molecule has 140 valence electrons. The van der Waals surface area contributed by atoms with E-state index < -0.39 is 0 Å². The van der Waals surface area contributed by atoms with E-state index in [0.29, 0.717) is 11.8 Å². The molecule has 2 aliphatic rings. The van der Waals surface area contributed by atoms with Gasteiger partial charge in [-0.1, -0.05) is 0 Å². The van der Waals surface area contributed by atoms with Crippen molar-refractivity contribution in [1.82, 2.24) is 15.1 Å². The summed E-state index contributed by atoms with van der Waals surface area (Å²) in [5.41, 5.74) is 0.745. The average molecular weight is 361 g/mol. The van der Waals surface area contributed by atoms with Gasteiger partial charge in [0.2, 0.25) is 11.8 Å². The first kappa shape index (κ1) is 17.6. The normalized spacial score (nSPS) is 20.5. The van der Waals surface area contributed by atoms with Gasteiger partial charge in [-0.3, -0.25) is 0 Å². The minimum atomic E-state index is -0.273. The molecule has 0 atom stereocenters. The van der Waals surface area contributed by atoms with Crippen molar-refractivity contribution in [1.29, 1.82) is 0 Å². The van der Waals surface area contributed by atoms with Gasteiger partial charge in [-0.15, -0.1) is 10.2 Å². The van der Waals surface area contributed by atoms with Crippen LogP contribution in [0.5, 0.6) is 0 Å². The van der Waals surface area contributed by atoms with E-state index in [-0.39, 0.29) is 18.0 Å². The smallest absolute Gasteiger partial charge is 0.247 e. The number of ether oxygens (including phenoxy) is 2. The van der Waals surface area contributed by atoms with Crippen LogP contribution in [-0.2, 0) is 9.47 Å². The van der Waals surface area contributed by atoms with E-state index in [1.807, 2.05) is 0 Å². The van der Waals surface area contributed by atoms with Crippen LogP contribution in [0.3, 0.4) is 0 Å². The Kier molecular flexibility index (Phi) is 5.57. The Bertz CT molecular complexity index is 692. The van der Waals surface area contributed by atoms with E-state index in [1.165, 1.54) is 12.1 Å². The number of hydrogen-bond acceptors (Lipinski definition) is 6. The van der Waals surface area contributed by atoms with Crippen molar-refractivity contribution < 1.29 is 18.3 Å². The van der Waals surface area contributed by atoms with Crippen LogP contribution in [0.15, 0.2) is 28.7 Å². The maximum Gasteiger partial charge on any atom is 0.247 e. The Balaban J connectivity index is 1.27. The molecule has 1 aromatic carbocycles. The Morgan fingerprint density at radius 2 is 1.77 bits per heavy atom. The zero-order valence-corrected chi connectivity index (χ0v) is 14.8. The molecule has 0 unspecified atom stereocenters. The van der Waals surface area contributed by atoms with Crippen LogP contribution in [0.25, 0.3) is 11.5 Å². The number of nitrogens with zero attached hydrogens (tertiary/aromatic N) is 3. The molecule has 0 radical (unpaired) electrons. The van der Waals surface area contributed by atoms with Crippen LogP contribution in [-0.4, -0.2) is 54.2 Å². The third-order valence-corrected chi connectivity index (χ3v) is 5.05. The Labute approximate surface area is 152 Å². The van der Waals surface area contributed by atoms with Crippen molar-refractivity contribution in [3.63, 3.8) is 0 Å². The predicted octanol–water partition coefficient (Wildman–Crippen LogP) is 3.21. The summed E-state index contributed by atoms with van der Waals surface area (Å²) in [5.74, 6) is 1.15. The molecule has 0 N–H and O–H groups in total. The molecule has 0 amide bonds. The molecule has 0 bridgehead atoms. The topological polar surface area (TPSA) is 60.6 Å². The molecule has 26 heavy (non-hydrogen) atoms. The maximum atomic E-state index is 13.0. The molecule has 3 heterocycles. The van der Waals surface area contributed by atoms with E-state index in [1.54, 1.807) is 12.1 Å². The number of likely N-dealkylation sites (tertiary alicyclic amines) is 1. The van der Waals surface area contributed by atoms with Crippen LogP contribution in [0.2, 0.25) is 0 Å². The SMILES string of the molecule is Fc1ccc(-c2nnc(C3CCN(CCC4OCCCO4)CC3)o2)cc1. The molecule has 0 saturated carbocycles. The quantitative estimate of drug-likeness (QED) is 0.815. The second kappa shape index (κ2) is 8.24. The fourth-order valence-corrected chi connectivity index (χ4v) is 3.50. The average Bonchev–Trinajstić information content (AvgIpc) is 3.18. The standard InChI is InChI=1S/C19H24FN3O3/c20-16-4-2-14(3-5-16)18-21-22-19(26-18)15-6-9-23(10-7-15)11-8-17-24-12-1-13-25-17/h2-5,15,17H,1,6-13H2. The number of hydrogen-bond donors (Lipinski definition) is 0. The molecular formula is C19H24FN3O3. The van der Waals surface area contributed by atoms with Crippen molar-refractivity contribution >= 4 is 0 Å². The molecule has 2 aliphatic heterocycles.